The molecule has 2 aromatic carbocycles. The number of rotatable bonds is 11. The lowest BCUT2D eigenvalue weighted by Gasteiger charge is -2.15. The minimum Gasteiger partial charge on any atom is -0.497 e. The van der Waals surface area contributed by atoms with Crippen LogP contribution in [0.15, 0.2) is 67.1 Å². The second-order valence-corrected chi connectivity index (χ2v) is 15.3. The Bertz CT molecular complexity index is 1290. The van der Waals surface area contributed by atoms with E-state index in [4.69, 9.17) is 15.2 Å². The van der Waals surface area contributed by atoms with Crippen molar-refractivity contribution in [2.75, 3.05) is 30.1 Å². The van der Waals surface area contributed by atoms with Gasteiger partial charge in [0.05, 0.1) is 24.7 Å². The van der Waals surface area contributed by atoms with Crippen molar-refractivity contribution in [3.63, 3.8) is 0 Å². The van der Waals surface area contributed by atoms with Crippen LogP contribution in [0.1, 0.15) is 0 Å². The fourth-order valence-corrected chi connectivity index (χ4v) is 4.15. The summed E-state index contributed by atoms with van der Waals surface area (Å²) in [4.78, 5) is 8.83. The maximum atomic E-state index is 6.06. The number of hydrogen-bond acceptors (Lipinski definition) is 8. The van der Waals surface area contributed by atoms with Crippen LogP contribution in [0.3, 0.4) is 0 Å². The van der Waals surface area contributed by atoms with Gasteiger partial charge in [0, 0.05) is 44.4 Å². The summed E-state index contributed by atoms with van der Waals surface area (Å²) in [6, 6.07) is 16.4. The van der Waals surface area contributed by atoms with Gasteiger partial charge in [-0.3, -0.25) is 0 Å². The smallest absolute Gasteiger partial charge is 0.229 e. The van der Waals surface area contributed by atoms with Gasteiger partial charge in [-0.25, -0.2) is 9.67 Å². The van der Waals surface area contributed by atoms with E-state index in [0.29, 0.717) is 35.6 Å². The van der Waals surface area contributed by atoms with E-state index in [-0.39, 0.29) is 0 Å². The van der Waals surface area contributed by atoms with Crippen LogP contribution in [0.5, 0.6) is 5.75 Å². The van der Waals surface area contributed by atoms with E-state index >= 15 is 0 Å². The van der Waals surface area contributed by atoms with Crippen LogP contribution in [0.25, 0.3) is 11.1 Å². The third-order valence-corrected chi connectivity index (χ3v) is 7.21. The van der Waals surface area contributed by atoms with Crippen LogP contribution < -0.4 is 21.1 Å². The van der Waals surface area contributed by atoms with Crippen molar-refractivity contribution < 1.29 is 9.47 Å². The maximum absolute atomic E-state index is 6.06. The lowest BCUT2D eigenvalue weighted by molar-refractivity contribution is 0.0786. The molecule has 0 atom stereocenters. The molecule has 0 aliphatic carbocycles. The average Bonchev–Trinajstić information content (AvgIpc) is 3.32. The molecule has 0 aliphatic heterocycles. The van der Waals surface area contributed by atoms with Gasteiger partial charge in [-0.1, -0.05) is 31.8 Å². The second kappa shape index (κ2) is 11.2. The van der Waals surface area contributed by atoms with E-state index in [9.17, 15) is 0 Å². The largest absolute Gasteiger partial charge is 0.497 e. The van der Waals surface area contributed by atoms with Gasteiger partial charge in [-0.2, -0.15) is 10.1 Å². The zero-order valence-electron chi connectivity index (χ0n) is 21.2. The highest BCUT2D eigenvalue weighted by Gasteiger charge is 2.12. The van der Waals surface area contributed by atoms with Gasteiger partial charge in [0.15, 0.2) is 0 Å². The minimum atomic E-state index is -1.09. The summed E-state index contributed by atoms with van der Waals surface area (Å²) in [5.74, 6) is 1.78. The van der Waals surface area contributed by atoms with Gasteiger partial charge in [-0.15, -0.1) is 0 Å². The summed E-state index contributed by atoms with van der Waals surface area (Å²) in [6.45, 7) is 8.29. The number of benzene rings is 2. The lowest BCUT2D eigenvalue weighted by atomic mass is 10.1. The Kier molecular flexibility index (Phi) is 7.86. The van der Waals surface area contributed by atoms with Crippen molar-refractivity contribution in [3.8, 4) is 16.9 Å². The van der Waals surface area contributed by atoms with Crippen LogP contribution in [-0.2, 0) is 11.5 Å². The van der Waals surface area contributed by atoms with E-state index in [2.05, 4.69) is 45.3 Å². The SMILES string of the molecule is COc1ccc(N)c(Nc2nccc(Nc3ccc(-c4cnn(COCC[Si](C)(C)C)c4)cc3)n2)c1. The molecule has 4 aromatic rings. The van der Waals surface area contributed by atoms with Crippen LogP contribution in [0.2, 0.25) is 25.7 Å². The Morgan fingerprint density at radius 1 is 1.00 bits per heavy atom. The molecule has 0 fully saturated rings. The van der Waals surface area contributed by atoms with Crippen molar-refractivity contribution in [2.45, 2.75) is 32.4 Å². The molecule has 10 heteroatoms. The van der Waals surface area contributed by atoms with E-state index < -0.39 is 8.07 Å². The Morgan fingerprint density at radius 3 is 2.56 bits per heavy atom. The lowest BCUT2D eigenvalue weighted by Crippen LogP contribution is -2.22. The molecule has 188 valence electrons. The first-order valence-corrected chi connectivity index (χ1v) is 15.5. The molecular weight excluding hydrogens is 470 g/mol. The molecular formula is C26H33N7O2Si. The van der Waals surface area contributed by atoms with Gasteiger partial charge in [-0.05, 0) is 41.9 Å². The molecule has 4 N–H and O–H groups in total. The predicted molar refractivity (Wildman–Crippen MR) is 148 cm³/mol. The highest BCUT2D eigenvalue weighted by Crippen LogP contribution is 2.27. The first kappa shape index (κ1) is 25.2. The van der Waals surface area contributed by atoms with E-state index in [1.165, 1.54) is 0 Å². The van der Waals surface area contributed by atoms with Gasteiger partial charge in [0.25, 0.3) is 0 Å². The van der Waals surface area contributed by atoms with E-state index in [1.807, 2.05) is 41.3 Å². The van der Waals surface area contributed by atoms with Crippen molar-refractivity contribution >= 4 is 36.9 Å². The first-order chi connectivity index (χ1) is 17.3. The second-order valence-electron chi connectivity index (χ2n) is 9.66. The highest BCUT2D eigenvalue weighted by molar-refractivity contribution is 6.76. The Labute approximate surface area is 212 Å². The molecule has 0 spiro atoms. The normalized spacial score (nSPS) is 11.3. The molecule has 2 heterocycles. The number of aromatic nitrogens is 4. The summed E-state index contributed by atoms with van der Waals surface area (Å²) in [5, 5.41) is 10.9. The summed E-state index contributed by atoms with van der Waals surface area (Å²) in [7, 11) is 0.524. The van der Waals surface area contributed by atoms with Gasteiger partial charge >= 0.3 is 0 Å². The number of nitrogens with one attached hydrogen (secondary N) is 2. The Morgan fingerprint density at radius 2 is 1.81 bits per heavy atom. The van der Waals surface area contributed by atoms with Crippen LogP contribution in [-0.4, -0.2) is 41.5 Å². The summed E-state index contributed by atoms with van der Waals surface area (Å²) in [5.41, 5.74) is 10.3. The fraction of sp³-hybridized carbons (Fsp3) is 0.269. The molecule has 0 bridgehead atoms. The van der Waals surface area contributed by atoms with E-state index in [1.54, 1.807) is 37.6 Å². The quantitative estimate of drug-likeness (QED) is 0.135. The van der Waals surface area contributed by atoms with Crippen molar-refractivity contribution in [3.05, 3.63) is 67.1 Å². The third kappa shape index (κ3) is 7.06. The highest BCUT2D eigenvalue weighted by atomic mass is 28.3. The molecule has 2 aromatic heterocycles. The number of methoxy groups -OCH3 is 1. The molecule has 36 heavy (non-hydrogen) atoms. The molecule has 0 aliphatic rings. The number of hydrogen-bond donors (Lipinski definition) is 3. The van der Waals surface area contributed by atoms with Gasteiger partial charge in [0.1, 0.15) is 18.3 Å². The molecule has 0 saturated carbocycles. The van der Waals surface area contributed by atoms with Crippen molar-refractivity contribution in [1.82, 2.24) is 19.7 Å². The molecule has 0 radical (unpaired) electrons. The van der Waals surface area contributed by atoms with Crippen molar-refractivity contribution in [2.24, 2.45) is 0 Å². The minimum absolute atomic E-state index is 0.427. The van der Waals surface area contributed by atoms with Crippen molar-refractivity contribution in [1.29, 1.82) is 0 Å². The number of nitrogen functional groups attached to an aromatic ring is 1. The Balaban J connectivity index is 1.36. The monoisotopic (exact) mass is 503 g/mol. The fourth-order valence-electron chi connectivity index (χ4n) is 3.39. The standard InChI is InChI=1S/C26H33N7O2Si/c1-34-22-9-10-23(27)24(15-22)31-26-28-12-11-25(32-26)30-21-7-5-19(6-8-21)20-16-29-33(17-20)18-35-13-14-36(2,3)4/h5-12,15-17H,13-14,18,27H2,1-4H3,(H2,28,30,31,32). The van der Waals surface area contributed by atoms with Crippen LogP contribution in [0, 0.1) is 0 Å². The summed E-state index contributed by atoms with van der Waals surface area (Å²) < 4.78 is 12.9. The molecule has 4 rings (SSSR count). The third-order valence-electron chi connectivity index (χ3n) is 5.51. The summed E-state index contributed by atoms with van der Waals surface area (Å²) >= 11 is 0. The Hall–Kier alpha value is -3.89. The first-order valence-electron chi connectivity index (χ1n) is 11.8. The predicted octanol–water partition coefficient (Wildman–Crippen LogP) is 5.73. The summed E-state index contributed by atoms with van der Waals surface area (Å²) in [6.07, 6.45) is 5.54. The molecule has 0 amide bonds. The van der Waals surface area contributed by atoms with Gasteiger partial charge < -0.3 is 25.8 Å². The molecule has 9 nitrogen and oxygen atoms in total. The topological polar surface area (TPSA) is 112 Å². The molecule has 0 saturated heterocycles. The van der Waals surface area contributed by atoms with E-state index in [0.717, 1.165) is 29.5 Å². The number of ether oxygens (including phenoxy) is 2. The molecule has 0 unspecified atom stereocenters. The number of nitrogens with zero attached hydrogens (tertiary/aromatic N) is 4. The van der Waals surface area contributed by atoms with Gasteiger partial charge in [0.2, 0.25) is 5.95 Å². The zero-order valence-corrected chi connectivity index (χ0v) is 22.2. The van der Waals surface area contributed by atoms with Crippen LogP contribution >= 0.6 is 0 Å². The number of nitrogens with two attached hydrogens (primary N) is 1. The zero-order chi connectivity index (χ0) is 25.5. The maximum Gasteiger partial charge on any atom is 0.229 e. The number of anilines is 5. The van der Waals surface area contributed by atoms with Crippen LogP contribution in [0.4, 0.5) is 28.8 Å². The average molecular weight is 504 g/mol.